The van der Waals surface area contributed by atoms with E-state index in [2.05, 4.69) is 183 Å². The highest BCUT2D eigenvalue weighted by Crippen LogP contribution is 2.54. The molecule has 0 spiro atoms. The number of rotatable bonds is 5. The highest BCUT2D eigenvalue weighted by molar-refractivity contribution is 7.25. The lowest BCUT2D eigenvalue weighted by Gasteiger charge is -2.32. The molecular weight excluding hydrogens is 771 g/mol. The first kappa shape index (κ1) is 39.2. The second-order valence-electron chi connectivity index (χ2n) is 16.4. The van der Waals surface area contributed by atoms with Crippen molar-refractivity contribution in [2.45, 2.75) is 46.0 Å². The maximum absolute atomic E-state index is 6.33. The van der Waals surface area contributed by atoms with E-state index in [1.165, 1.54) is 81.3 Å². The number of aryl methyl sites for hydroxylation is 1. The molecule has 2 aromatic heterocycles. The Morgan fingerprint density at radius 3 is 1.94 bits per heavy atom. The van der Waals surface area contributed by atoms with Crippen LogP contribution in [0.15, 0.2) is 199 Å². The molecule has 0 amide bonds. The normalized spacial score (nSPS) is 13.3. The first-order valence-corrected chi connectivity index (χ1v) is 22.7. The van der Waals surface area contributed by atoms with Gasteiger partial charge in [0.25, 0.3) is 0 Å². The largest absolute Gasteiger partial charge is 0.456 e. The fraction of sp³-hybridized carbons (Fsp3) is 0.119. The van der Waals surface area contributed by atoms with Gasteiger partial charge >= 0.3 is 0 Å². The van der Waals surface area contributed by atoms with Crippen LogP contribution in [-0.4, -0.2) is 0 Å². The van der Waals surface area contributed by atoms with Crippen molar-refractivity contribution < 1.29 is 4.42 Å². The summed E-state index contributed by atoms with van der Waals surface area (Å²) in [6, 6.07) is 70.0. The molecule has 0 saturated heterocycles. The van der Waals surface area contributed by atoms with Gasteiger partial charge in [-0.3, -0.25) is 0 Å². The molecule has 12 rings (SSSR count). The summed E-state index contributed by atoms with van der Waals surface area (Å²) in [6.07, 6.45) is 4.26. The van der Waals surface area contributed by atoms with Crippen molar-refractivity contribution in [3.05, 3.63) is 222 Å². The summed E-state index contributed by atoms with van der Waals surface area (Å²) in [5, 5.41) is 3.83. The van der Waals surface area contributed by atoms with Crippen LogP contribution in [-0.2, 0) is 11.8 Å². The summed E-state index contributed by atoms with van der Waals surface area (Å²) in [7, 11) is 0. The van der Waals surface area contributed by atoms with Crippen molar-refractivity contribution in [1.82, 2.24) is 0 Å². The Morgan fingerprint density at radius 2 is 1.13 bits per heavy atom. The third-order valence-corrected chi connectivity index (χ3v) is 13.6. The predicted octanol–water partition coefficient (Wildman–Crippen LogP) is 17.4. The van der Waals surface area contributed by atoms with Crippen molar-refractivity contribution in [2.24, 2.45) is 0 Å². The van der Waals surface area contributed by atoms with Crippen LogP contribution in [0.2, 0.25) is 0 Å². The molecule has 2 aliphatic rings. The Kier molecular flexibility index (Phi) is 10.4. The molecule has 0 radical (unpaired) electrons. The van der Waals surface area contributed by atoms with E-state index in [0.717, 1.165) is 35.6 Å². The van der Waals surface area contributed by atoms with Gasteiger partial charge in [-0.1, -0.05) is 167 Å². The predicted molar refractivity (Wildman–Crippen MR) is 267 cm³/mol. The zero-order chi connectivity index (χ0) is 42.2. The van der Waals surface area contributed by atoms with E-state index in [-0.39, 0.29) is 5.41 Å². The van der Waals surface area contributed by atoms with E-state index in [0.29, 0.717) is 0 Å². The molecule has 0 N–H and O–H groups in total. The van der Waals surface area contributed by atoms with Gasteiger partial charge in [0.05, 0.1) is 5.69 Å². The smallest absolute Gasteiger partial charge is 0.135 e. The highest BCUT2D eigenvalue weighted by atomic mass is 32.1. The van der Waals surface area contributed by atoms with E-state index in [1.807, 2.05) is 61.6 Å². The van der Waals surface area contributed by atoms with Gasteiger partial charge < -0.3 is 9.32 Å². The number of benzene rings is 8. The molecule has 0 bridgehead atoms. The summed E-state index contributed by atoms with van der Waals surface area (Å²) in [6.45, 7) is 8.76. The topological polar surface area (TPSA) is 16.4 Å². The average Bonchev–Trinajstić information content (AvgIpc) is 3.98. The minimum Gasteiger partial charge on any atom is -0.456 e. The number of thiophene rings is 1. The van der Waals surface area contributed by atoms with Crippen LogP contribution in [0.5, 0.6) is 0 Å². The number of allylic oxidation sites excluding steroid dienone is 1. The van der Waals surface area contributed by atoms with Gasteiger partial charge in [-0.15, -0.1) is 11.3 Å². The lowest BCUT2D eigenvalue weighted by Crippen LogP contribution is -2.20. The molecule has 10 aromatic rings. The number of para-hydroxylation sites is 1. The molecule has 302 valence electrons. The van der Waals surface area contributed by atoms with Gasteiger partial charge in [-0.2, -0.15) is 0 Å². The Hall–Kier alpha value is -6.94. The van der Waals surface area contributed by atoms with Crippen molar-refractivity contribution in [3.8, 4) is 22.3 Å². The molecular formula is C59H49NOS. The van der Waals surface area contributed by atoms with Gasteiger partial charge in [0.2, 0.25) is 0 Å². The molecule has 2 aliphatic carbocycles. The lowest BCUT2D eigenvalue weighted by molar-refractivity contribution is 0.596. The van der Waals surface area contributed by atoms with Crippen LogP contribution < -0.4 is 4.90 Å². The molecule has 8 aromatic carbocycles. The number of furan rings is 1. The Labute approximate surface area is 369 Å². The Balaban J connectivity index is 0.000000524. The van der Waals surface area contributed by atoms with Gasteiger partial charge in [-0.25, -0.2) is 0 Å². The van der Waals surface area contributed by atoms with Crippen molar-refractivity contribution in [2.75, 3.05) is 4.90 Å². The van der Waals surface area contributed by atoms with Crippen LogP contribution in [0.3, 0.4) is 0 Å². The summed E-state index contributed by atoms with van der Waals surface area (Å²) in [4.78, 5) is 2.50. The molecule has 62 heavy (non-hydrogen) atoms. The van der Waals surface area contributed by atoms with E-state index >= 15 is 0 Å². The molecule has 2 nitrogen and oxygen atoms in total. The number of nitrogens with zero attached hydrogens (tertiary/aromatic N) is 1. The Morgan fingerprint density at radius 1 is 0.500 bits per heavy atom. The monoisotopic (exact) mass is 819 g/mol. The first-order chi connectivity index (χ1) is 30.5. The van der Waals surface area contributed by atoms with Crippen molar-refractivity contribution >= 4 is 71.2 Å². The molecule has 0 saturated carbocycles. The summed E-state index contributed by atoms with van der Waals surface area (Å²) in [5.41, 5.74) is 16.1. The zero-order valence-corrected chi connectivity index (χ0v) is 36.5. The molecule has 2 heterocycles. The fourth-order valence-corrected chi connectivity index (χ4v) is 10.7. The summed E-state index contributed by atoms with van der Waals surface area (Å²) >= 11 is 1.88. The molecule has 0 unspecified atom stereocenters. The molecule has 0 atom stereocenters. The molecule has 3 heteroatoms. The average molecular weight is 820 g/mol. The van der Waals surface area contributed by atoms with Gasteiger partial charge in [0.15, 0.2) is 0 Å². The van der Waals surface area contributed by atoms with E-state index < -0.39 is 0 Å². The van der Waals surface area contributed by atoms with Crippen LogP contribution in [0.4, 0.5) is 17.1 Å². The highest BCUT2D eigenvalue weighted by Gasteiger charge is 2.38. The van der Waals surface area contributed by atoms with E-state index in [1.54, 1.807) is 0 Å². The van der Waals surface area contributed by atoms with Crippen LogP contribution >= 0.6 is 11.3 Å². The number of hydrogen-bond donors (Lipinski definition) is 0. The van der Waals surface area contributed by atoms with Crippen LogP contribution in [0.25, 0.3) is 65.0 Å². The fourth-order valence-electron chi connectivity index (χ4n) is 9.59. The standard InChI is InChI=1S/C51H37NOS.C6H6.C2H6/c1-51(2)44-19-8-6-16-38(44)41-18-11-20-45(50(41)51)52(36-15-10-14-33(28-36)32-12-4-3-5-13-32)37-24-27-49-43(31-37)42-29-34(23-26-48(42)54-49)35-22-25-40-39-17-7-9-21-46(39)53-47(40)30-35;1-2-4-6-5-3-1;1-2/h3-21,23-24,26-31H,22,25H2,1-2H3;1-6H;1-2H3. The van der Waals surface area contributed by atoms with Crippen molar-refractivity contribution in [1.29, 1.82) is 0 Å². The SMILES string of the molecule is CC.CC1(C)c2ccccc2-c2cccc(N(c3cccc(-c4ccccc4)c3)c3ccc4sc5ccc(C6=Cc7oc8ccccc8c7CC6)cc5c4c3)c21.c1ccccc1. The first-order valence-electron chi connectivity index (χ1n) is 21.9. The minimum absolute atomic E-state index is 0.167. The summed E-state index contributed by atoms with van der Waals surface area (Å²) < 4.78 is 8.94. The third-order valence-electron chi connectivity index (χ3n) is 12.4. The quantitative estimate of drug-likeness (QED) is 0.172. The van der Waals surface area contributed by atoms with Crippen LogP contribution in [0, 0.1) is 0 Å². The maximum Gasteiger partial charge on any atom is 0.135 e. The third kappa shape index (κ3) is 6.93. The summed E-state index contributed by atoms with van der Waals surface area (Å²) in [5.74, 6) is 1.00. The molecule has 0 fully saturated rings. The lowest BCUT2D eigenvalue weighted by atomic mass is 9.81. The second-order valence-corrected chi connectivity index (χ2v) is 17.5. The number of fused-ring (bicyclic) bond motifs is 9. The number of anilines is 3. The van der Waals surface area contributed by atoms with Gasteiger partial charge in [0.1, 0.15) is 11.3 Å². The minimum atomic E-state index is -0.167. The van der Waals surface area contributed by atoms with Crippen LogP contribution in [0.1, 0.15) is 62.1 Å². The van der Waals surface area contributed by atoms with Gasteiger partial charge in [-0.05, 0) is 118 Å². The van der Waals surface area contributed by atoms with Crippen molar-refractivity contribution in [3.63, 3.8) is 0 Å². The van der Waals surface area contributed by atoms with Gasteiger partial charge in [0, 0.05) is 47.9 Å². The Bertz CT molecular complexity index is 3210. The van der Waals surface area contributed by atoms with E-state index in [4.69, 9.17) is 4.42 Å². The maximum atomic E-state index is 6.33. The van der Waals surface area contributed by atoms with E-state index in [9.17, 15) is 0 Å². The second kappa shape index (κ2) is 16.5. The molecule has 0 aliphatic heterocycles. The number of hydrogen-bond acceptors (Lipinski definition) is 3. The zero-order valence-electron chi connectivity index (χ0n) is 35.7.